The van der Waals surface area contributed by atoms with E-state index in [4.69, 9.17) is 13.3 Å². The highest BCUT2D eigenvalue weighted by Gasteiger charge is 2.60. The van der Waals surface area contributed by atoms with Gasteiger partial charge in [0.25, 0.3) is 0 Å². The maximum absolute atomic E-state index is 5.50. The zero-order valence-electron chi connectivity index (χ0n) is 26.3. The molecule has 0 N–H and O–H groups in total. The second-order valence-corrected chi connectivity index (χ2v) is 19.5. The van der Waals surface area contributed by atoms with Crippen LogP contribution in [0.4, 0.5) is 0 Å². The minimum atomic E-state index is -2.38. The van der Waals surface area contributed by atoms with Crippen molar-refractivity contribution in [2.45, 2.75) is 43.9 Å². The van der Waals surface area contributed by atoms with E-state index in [0.717, 1.165) is 32.2 Å². The minimum absolute atomic E-state index is 0.391. The molecule has 45 heavy (non-hydrogen) atoms. The Labute approximate surface area is 271 Å². The maximum Gasteiger partial charge on any atom is 0.0912 e. The summed E-state index contributed by atoms with van der Waals surface area (Å²) in [4.78, 5) is 0. The number of nitrogens with zero attached hydrogens (tertiary/aromatic N) is 1. The summed E-state index contributed by atoms with van der Waals surface area (Å²) >= 11 is 0. The normalized spacial score (nSPS) is 18.1. The molecule has 2 atom stereocenters. The van der Waals surface area contributed by atoms with E-state index < -0.39 is 14.8 Å². The van der Waals surface area contributed by atoms with Gasteiger partial charge in [-0.15, -0.1) is 11.1 Å². The Morgan fingerprint density at radius 3 is 1.47 bits per heavy atom. The lowest BCUT2D eigenvalue weighted by Crippen LogP contribution is -2.37. The first-order valence-electron chi connectivity index (χ1n) is 16.4. The zero-order chi connectivity index (χ0) is 30.9. The standard InChI is InChI=1S/C42H43NP2/c1-4-5-30-43(45(3)41(35-18-8-6-9-19-35)28-29-42(45)36-20-10-7-11-21-36)44(2,39-26-24-33-16-12-14-22-37(33)31-39)40-27-25-34-17-13-15-23-38(34)32-40/h6-27,31-32,41-42H,2-5,28-30H2,1H3/t41-,42-/m0/s1. The molecule has 0 aromatic heterocycles. The Morgan fingerprint density at radius 1 is 0.600 bits per heavy atom. The summed E-state index contributed by atoms with van der Waals surface area (Å²) in [6.07, 6.45) is 4.56. The molecule has 0 amide bonds. The molecule has 1 nitrogen and oxygen atoms in total. The van der Waals surface area contributed by atoms with E-state index in [1.165, 1.54) is 43.3 Å². The smallest absolute Gasteiger partial charge is 0.0912 e. The van der Waals surface area contributed by atoms with Gasteiger partial charge in [0.1, 0.15) is 0 Å². The van der Waals surface area contributed by atoms with Crippen molar-refractivity contribution in [3.05, 3.63) is 170 Å². The van der Waals surface area contributed by atoms with Gasteiger partial charge in [0.05, 0.1) is 35.9 Å². The summed E-state index contributed by atoms with van der Waals surface area (Å²) in [5.74, 6) is 0. The lowest BCUT2D eigenvalue weighted by atomic mass is 10.0. The molecule has 0 bridgehead atoms. The van der Waals surface area contributed by atoms with E-state index in [1.54, 1.807) is 0 Å². The van der Waals surface area contributed by atoms with Gasteiger partial charge < -0.3 is 0 Å². The van der Waals surface area contributed by atoms with Crippen molar-refractivity contribution in [3.8, 4) is 0 Å². The zero-order valence-corrected chi connectivity index (χ0v) is 28.1. The third kappa shape index (κ3) is 5.44. The van der Waals surface area contributed by atoms with Crippen molar-refractivity contribution in [2.75, 3.05) is 6.54 Å². The van der Waals surface area contributed by atoms with E-state index in [2.05, 4.69) is 157 Å². The number of fused-ring (bicyclic) bond motifs is 2. The molecule has 0 spiro atoms. The van der Waals surface area contributed by atoms with E-state index >= 15 is 0 Å². The topological polar surface area (TPSA) is 3.24 Å². The van der Waals surface area contributed by atoms with Crippen molar-refractivity contribution in [3.63, 3.8) is 0 Å². The van der Waals surface area contributed by atoms with Gasteiger partial charge in [0, 0.05) is 7.41 Å². The molecule has 7 rings (SSSR count). The summed E-state index contributed by atoms with van der Waals surface area (Å²) in [5.41, 5.74) is 3.65. The van der Waals surface area contributed by atoms with Gasteiger partial charge in [-0.25, -0.2) is 0 Å². The van der Waals surface area contributed by atoms with Crippen LogP contribution >= 0.6 is 14.8 Å². The molecule has 0 aliphatic carbocycles. The van der Waals surface area contributed by atoms with E-state index in [0.29, 0.717) is 11.3 Å². The first-order valence-corrected chi connectivity index (χ1v) is 20.4. The van der Waals surface area contributed by atoms with Crippen molar-refractivity contribution in [1.29, 1.82) is 0 Å². The summed E-state index contributed by atoms with van der Waals surface area (Å²) < 4.78 is 2.96. The number of unbranched alkanes of at least 4 members (excludes halogenated alkanes) is 1. The second-order valence-electron chi connectivity index (χ2n) is 12.6. The van der Waals surface area contributed by atoms with Gasteiger partial charge in [-0.3, -0.25) is 0 Å². The number of hydrogen-bond donors (Lipinski definition) is 0. The Kier molecular flexibility index (Phi) is 8.63. The van der Waals surface area contributed by atoms with Crippen LogP contribution in [0.1, 0.15) is 55.1 Å². The lowest BCUT2D eigenvalue weighted by molar-refractivity contribution is 0.620. The molecular formula is C42H43NP2. The number of rotatable bonds is 9. The fourth-order valence-corrected chi connectivity index (χ4v) is 18.1. The SMILES string of the molecule is [CH2-][P+](c1ccc2ccccc2c1)(c1ccc2ccccc2c1)N(CCCC)[P+]1([CH2-])[C@H](c2ccccc2)CC[C@H]1c1ccccc1. The maximum atomic E-state index is 5.50. The number of benzene rings is 6. The van der Waals surface area contributed by atoms with Gasteiger partial charge >= 0.3 is 0 Å². The van der Waals surface area contributed by atoms with Crippen molar-refractivity contribution in [1.82, 2.24) is 4.44 Å². The van der Waals surface area contributed by atoms with E-state index in [9.17, 15) is 0 Å². The highest BCUT2D eigenvalue weighted by molar-refractivity contribution is 7.97. The highest BCUT2D eigenvalue weighted by atomic mass is 31.2. The van der Waals surface area contributed by atoms with E-state index in [-0.39, 0.29) is 0 Å². The average Bonchev–Trinajstić information content (AvgIpc) is 3.45. The van der Waals surface area contributed by atoms with Crippen LogP contribution in [0.15, 0.2) is 146 Å². The van der Waals surface area contributed by atoms with Gasteiger partial charge in [0.15, 0.2) is 0 Å². The molecule has 6 aromatic carbocycles. The summed E-state index contributed by atoms with van der Waals surface area (Å²) in [7, 11) is -4.51. The molecular weight excluding hydrogens is 580 g/mol. The Balaban J connectivity index is 1.51. The van der Waals surface area contributed by atoms with Crippen LogP contribution < -0.4 is 10.6 Å². The third-order valence-electron chi connectivity index (χ3n) is 10.0. The van der Waals surface area contributed by atoms with Crippen LogP contribution in [0.25, 0.3) is 21.5 Å². The van der Waals surface area contributed by atoms with Crippen molar-refractivity contribution < 1.29 is 0 Å². The van der Waals surface area contributed by atoms with Crippen molar-refractivity contribution >= 4 is 47.0 Å². The lowest BCUT2D eigenvalue weighted by Gasteiger charge is -2.51. The fraction of sp³-hybridized carbons (Fsp3) is 0.190. The van der Waals surface area contributed by atoms with Crippen LogP contribution in [0.2, 0.25) is 0 Å². The summed E-state index contributed by atoms with van der Waals surface area (Å²) in [6, 6.07) is 54.4. The van der Waals surface area contributed by atoms with Gasteiger partial charge in [0.2, 0.25) is 0 Å². The minimum Gasteiger partial charge on any atom is -0.158 e. The monoisotopic (exact) mass is 623 g/mol. The van der Waals surface area contributed by atoms with Crippen LogP contribution in [0, 0.1) is 13.3 Å². The van der Waals surface area contributed by atoms with Gasteiger partial charge in [-0.1, -0.05) is 135 Å². The van der Waals surface area contributed by atoms with Crippen molar-refractivity contribution in [2.24, 2.45) is 0 Å². The van der Waals surface area contributed by atoms with Crippen LogP contribution in [-0.4, -0.2) is 11.0 Å². The molecule has 0 radical (unpaired) electrons. The summed E-state index contributed by atoms with van der Waals surface area (Å²) in [6.45, 7) is 14.3. The van der Waals surface area contributed by atoms with Crippen LogP contribution in [0.3, 0.4) is 0 Å². The second kappa shape index (κ2) is 12.8. The van der Waals surface area contributed by atoms with Crippen LogP contribution in [-0.2, 0) is 0 Å². The summed E-state index contributed by atoms with van der Waals surface area (Å²) in [5, 5.41) is 7.80. The molecule has 1 heterocycles. The van der Waals surface area contributed by atoms with Crippen LogP contribution in [0.5, 0.6) is 0 Å². The molecule has 0 unspecified atom stereocenters. The molecule has 1 saturated heterocycles. The van der Waals surface area contributed by atoms with E-state index in [1.807, 2.05) is 0 Å². The molecule has 6 aromatic rings. The number of hydrogen-bond acceptors (Lipinski definition) is 1. The predicted octanol–water partition coefficient (Wildman–Crippen LogP) is 11.8. The largest absolute Gasteiger partial charge is 0.158 e. The first kappa shape index (κ1) is 30.3. The predicted molar refractivity (Wildman–Crippen MR) is 201 cm³/mol. The first-order chi connectivity index (χ1) is 22.0. The average molecular weight is 624 g/mol. The fourth-order valence-electron chi connectivity index (χ4n) is 7.67. The van der Waals surface area contributed by atoms with Gasteiger partial charge in [-0.2, -0.15) is 6.66 Å². The molecule has 1 fully saturated rings. The quantitative estimate of drug-likeness (QED) is 0.114. The Morgan fingerprint density at radius 2 is 1.02 bits per heavy atom. The molecule has 1 aliphatic heterocycles. The third-order valence-corrected chi connectivity index (χ3v) is 19.5. The molecule has 0 saturated carbocycles. The molecule has 1 aliphatic rings. The Bertz CT molecular complexity index is 1770. The Hall–Kier alpha value is -3.34. The highest BCUT2D eigenvalue weighted by Crippen LogP contribution is 2.91. The molecule has 226 valence electrons. The molecule has 3 heteroatoms. The van der Waals surface area contributed by atoms with Gasteiger partial charge in [-0.05, 0) is 76.2 Å².